The van der Waals surface area contributed by atoms with Gasteiger partial charge >= 0.3 is 5.97 Å². The van der Waals surface area contributed by atoms with E-state index in [1.54, 1.807) is 6.92 Å². The van der Waals surface area contributed by atoms with E-state index >= 15 is 0 Å². The number of H-pyrrole nitrogens is 1. The van der Waals surface area contributed by atoms with Crippen LogP contribution in [0.5, 0.6) is 0 Å². The lowest BCUT2D eigenvalue weighted by Crippen LogP contribution is -2.30. The SMILES string of the molecule is COC(=O)C(C)CN(C)c1nc(N)nc2nc[nH]c12. The van der Waals surface area contributed by atoms with E-state index in [0.717, 1.165) is 0 Å². The number of nitrogens with zero attached hydrogens (tertiary/aromatic N) is 4. The molecule has 0 aliphatic heterocycles. The number of aromatic nitrogens is 4. The highest BCUT2D eigenvalue weighted by Crippen LogP contribution is 2.21. The Morgan fingerprint density at radius 3 is 3.00 bits per heavy atom. The van der Waals surface area contributed by atoms with Crippen molar-refractivity contribution in [3.8, 4) is 0 Å². The lowest BCUT2D eigenvalue weighted by Gasteiger charge is -2.21. The number of carbonyl (C=O) groups is 1. The summed E-state index contributed by atoms with van der Waals surface area (Å²) in [5.41, 5.74) is 6.83. The molecule has 2 rings (SSSR count). The molecule has 1 atom stereocenters. The maximum absolute atomic E-state index is 11.4. The summed E-state index contributed by atoms with van der Waals surface area (Å²) in [5.74, 6) is 0.210. The third-order valence-corrected chi connectivity index (χ3v) is 2.80. The first kappa shape index (κ1) is 13.1. The number of esters is 1. The fourth-order valence-electron chi connectivity index (χ4n) is 1.88. The van der Waals surface area contributed by atoms with Crippen LogP contribution in [0.25, 0.3) is 11.2 Å². The fraction of sp³-hybridized carbons (Fsp3) is 0.455. The Kier molecular flexibility index (Phi) is 3.50. The number of ether oxygens (including phenoxy) is 1. The summed E-state index contributed by atoms with van der Waals surface area (Å²) < 4.78 is 4.70. The number of nitrogen functional groups attached to an aromatic ring is 1. The predicted octanol–water partition coefficient (Wildman–Crippen LogP) is 0.180. The maximum Gasteiger partial charge on any atom is 0.310 e. The van der Waals surface area contributed by atoms with E-state index in [1.165, 1.54) is 13.4 Å². The Labute approximate surface area is 110 Å². The van der Waals surface area contributed by atoms with Crippen LogP contribution in [-0.4, -0.2) is 46.6 Å². The summed E-state index contributed by atoms with van der Waals surface area (Å²) in [5, 5.41) is 0. The molecular weight excluding hydrogens is 248 g/mol. The van der Waals surface area contributed by atoms with E-state index < -0.39 is 0 Å². The topological polar surface area (TPSA) is 110 Å². The largest absolute Gasteiger partial charge is 0.469 e. The van der Waals surface area contributed by atoms with Gasteiger partial charge in [0, 0.05) is 13.6 Å². The molecule has 0 saturated heterocycles. The smallest absolute Gasteiger partial charge is 0.310 e. The van der Waals surface area contributed by atoms with E-state index in [0.29, 0.717) is 23.5 Å². The van der Waals surface area contributed by atoms with Crippen molar-refractivity contribution in [1.29, 1.82) is 0 Å². The minimum Gasteiger partial charge on any atom is -0.469 e. The van der Waals surface area contributed by atoms with Gasteiger partial charge in [-0.2, -0.15) is 9.97 Å². The third kappa shape index (κ3) is 2.56. The van der Waals surface area contributed by atoms with Crippen molar-refractivity contribution in [2.24, 2.45) is 5.92 Å². The predicted molar refractivity (Wildman–Crippen MR) is 70.5 cm³/mol. The Balaban J connectivity index is 2.28. The second-order valence-corrected chi connectivity index (χ2v) is 4.31. The van der Waals surface area contributed by atoms with Crippen LogP contribution in [0.4, 0.5) is 11.8 Å². The molecule has 102 valence electrons. The Bertz CT molecular complexity index is 596. The number of nitrogens with one attached hydrogen (secondary N) is 1. The fourth-order valence-corrected chi connectivity index (χ4v) is 1.88. The van der Waals surface area contributed by atoms with Crippen LogP contribution < -0.4 is 10.6 Å². The lowest BCUT2D eigenvalue weighted by atomic mass is 10.2. The molecule has 0 fully saturated rings. The van der Waals surface area contributed by atoms with Crippen LogP contribution in [-0.2, 0) is 9.53 Å². The summed E-state index contributed by atoms with van der Waals surface area (Å²) in [6.07, 6.45) is 1.53. The summed E-state index contributed by atoms with van der Waals surface area (Å²) in [4.78, 5) is 28.5. The number of nitrogens with two attached hydrogens (primary N) is 1. The van der Waals surface area contributed by atoms with Crippen LogP contribution in [0.2, 0.25) is 0 Å². The summed E-state index contributed by atoms with van der Waals surface area (Å²) in [6.45, 7) is 2.24. The molecular formula is C11H16N6O2. The molecule has 0 aliphatic rings. The van der Waals surface area contributed by atoms with Gasteiger partial charge in [0.15, 0.2) is 11.5 Å². The summed E-state index contributed by atoms with van der Waals surface area (Å²) >= 11 is 0. The Morgan fingerprint density at radius 1 is 1.58 bits per heavy atom. The summed E-state index contributed by atoms with van der Waals surface area (Å²) in [6, 6.07) is 0. The van der Waals surface area contributed by atoms with E-state index in [2.05, 4.69) is 19.9 Å². The van der Waals surface area contributed by atoms with Crippen molar-refractivity contribution in [3.63, 3.8) is 0 Å². The zero-order valence-corrected chi connectivity index (χ0v) is 11.0. The first-order valence-electron chi connectivity index (χ1n) is 5.78. The van der Waals surface area contributed by atoms with Gasteiger partial charge in [0.1, 0.15) is 5.52 Å². The zero-order valence-electron chi connectivity index (χ0n) is 11.0. The molecule has 2 heterocycles. The molecule has 2 aromatic rings. The van der Waals surface area contributed by atoms with Gasteiger partial charge in [-0.05, 0) is 0 Å². The Hall–Kier alpha value is -2.38. The quantitative estimate of drug-likeness (QED) is 0.758. The molecule has 8 heteroatoms. The minimum atomic E-state index is -0.274. The third-order valence-electron chi connectivity index (χ3n) is 2.80. The van der Waals surface area contributed by atoms with Gasteiger partial charge in [0.05, 0.1) is 19.4 Å². The molecule has 0 aromatic carbocycles. The minimum absolute atomic E-state index is 0.146. The highest BCUT2D eigenvalue weighted by Gasteiger charge is 2.19. The second kappa shape index (κ2) is 5.09. The Morgan fingerprint density at radius 2 is 2.32 bits per heavy atom. The maximum atomic E-state index is 11.4. The van der Waals surface area contributed by atoms with Crippen LogP contribution in [0.1, 0.15) is 6.92 Å². The van der Waals surface area contributed by atoms with Crippen molar-refractivity contribution >= 4 is 28.9 Å². The highest BCUT2D eigenvalue weighted by atomic mass is 16.5. The van der Waals surface area contributed by atoms with Gasteiger partial charge in [-0.25, -0.2) is 4.98 Å². The van der Waals surface area contributed by atoms with Crippen molar-refractivity contribution in [2.45, 2.75) is 6.92 Å². The van der Waals surface area contributed by atoms with Gasteiger partial charge in [-0.1, -0.05) is 6.92 Å². The number of fused-ring (bicyclic) bond motifs is 1. The second-order valence-electron chi connectivity index (χ2n) is 4.31. The van der Waals surface area contributed by atoms with Gasteiger partial charge < -0.3 is 20.4 Å². The average molecular weight is 264 g/mol. The van der Waals surface area contributed by atoms with E-state index in [9.17, 15) is 4.79 Å². The van der Waals surface area contributed by atoms with Crippen molar-refractivity contribution in [1.82, 2.24) is 19.9 Å². The number of methoxy groups -OCH3 is 1. The number of imidazole rings is 1. The van der Waals surface area contributed by atoms with E-state index in [1.807, 2.05) is 11.9 Å². The first-order valence-corrected chi connectivity index (χ1v) is 5.78. The van der Waals surface area contributed by atoms with Gasteiger partial charge in [-0.15, -0.1) is 0 Å². The lowest BCUT2D eigenvalue weighted by molar-refractivity contribution is -0.144. The molecule has 19 heavy (non-hydrogen) atoms. The van der Waals surface area contributed by atoms with Gasteiger partial charge in [0.25, 0.3) is 0 Å². The number of aromatic amines is 1. The number of carbonyl (C=O) groups excluding carboxylic acids is 1. The number of hydrogen-bond donors (Lipinski definition) is 2. The average Bonchev–Trinajstić information content (AvgIpc) is 2.84. The van der Waals surface area contributed by atoms with E-state index in [-0.39, 0.29) is 17.8 Å². The molecule has 8 nitrogen and oxygen atoms in total. The van der Waals surface area contributed by atoms with Crippen LogP contribution in [0, 0.1) is 5.92 Å². The molecule has 0 amide bonds. The summed E-state index contributed by atoms with van der Waals surface area (Å²) in [7, 11) is 3.19. The van der Waals surface area contributed by atoms with Crippen molar-refractivity contribution in [2.75, 3.05) is 31.3 Å². The zero-order chi connectivity index (χ0) is 14.0. The van der Waals surface area contributed by atoms with E-state index in [4.69, 9.17) is 10.5 Å². The van der Waals surface area contributed by atoms with Gasteiger partial charge in [-0.3, -0.25) is 4.79 Å². The molecule has 0 aliphatic carbocycles. The standard InChI is InChI=1S/C11H16N6O2/c1-6(10(18)19-3)4-17(2)9-7-8(14-5-13-7)15-11(12)16-9/h5-6H,4H2,1-3H3,(H3,12,13,14,15,16). The van der Waals surface area contributed by atoms with Crippen LogP contribution in [0.3, 0.4) is 0 Å². The molecule has 3 N–H and O–H groups in total. The molecule has 2 aromatic heterocycles. The molecule has 0 bridgehead atoms. The van der Waals surface area contributed by atoms with Crippen LogP contribution in [0.15, 0.2) is 6.33 Å². The van der Waals surface area contributed by atoms with Crippen molar-refractivity contribution in [3.05, 3.63) is 6.33 Å². The number of anilines is 2. The first-order chi connectivity index (χ1) is 9.02. The molecule has 1 unspecified atom stereocenters. The number of hydrogen-bond acceptors (Lipinski definition) is 7. The van der Waals surface area contributed by atoms with Crippen LogP contribution >= 0.6 is 0 Å². The normalized spacial score (nSPS) is 12.4. The molecule has 0 saturated carbocycles. The number of rotatable bonds is 4. The molecule has 0 radical (unpaired) electrons. The highest BCUT2D eigenvalue weighted by molar-refractivity contribution is 5.84. The molecule has 0 spiro atoms. The van der Waals surface area contributed by atoms with Gasteiger partial charge in [0.2, 0.25) is 5.95 Å². The van der Waals surface area contributed by atoms with Crippen molar-refractivity contribution < 1.29 is 9.53 Å². The monoisotopic (exact) mass is 264 g/mol.